The van der Waals surface area contributed by atoms with E-state index in [4.69, 9.17) is 10.2 Å². The minimum Gasteiger partial charge on any atom is -0.507 e. The molecule has 0 aliphatic heterocycles. The first-order chi connectivity index (χ1) is 29.4. The van der Waals surface area contributed by atoms with Crippen molar-refractivity contribution in [2.24, 2.45) is 0 Å². The summed E-state index contributed by atoms with van der Waals surface area (Å²) in [5.41, 5.74) is 15.4. The van der Waals surface area contributed by atoms with Crippen molar-refractivity contribution in [2.45, 2.75) is 130 Å². The summed E-state index contributed by atoms with van der Waals surface area (Å²) in [6.45, 7) is 27.2. The van der Waals surface area contributed by atoms with Gasteiger partial charge >= 0.3 is 38.6 Å². The predicted octanol–water partition coefficient (Wildman–Crippen LogP) is 16.1. The molecule has 0 saturated carbocycles. The molecular weight excluding hydrogens is 910 g/mol. The summed E-state index contributed by atoms with van der Waals surface area (Å²) in [6, 6.07) is 39.1. The zero-order chi connectivity index (χ0) is 47.8. The Kier molecular flexibility index (Phi) is 16.1. The van der Waals surface area contributed by atoms with Gasteiger partial charge in [0.15, 0.2) is 0 Å². The van der Waals surface area contributed by atoms with Crippen LogP contribution in [-0.2, 0) is 73.1 Å². The van der Waals surface area contributed by atoms with E-state index in [1.807, 2.05) is 0 Å². The van der Waals surface area contributed by atoms with E-state index in [9.17, 15) is 26.3 Å². The van der Waals surface area contributed by atoms with Crippen molar-refractivity contribution in [1.29, 1.82) is 0 Å². The van der Waals surface area contributed by atoms with E-state index in [2.05, 4.69) is 156 Å². The average Bonchev–Trinajstić information content (AvgIpc) is 3.73. The Morgan fingerprint density at radius 1 is 0.400 bits per heavy atom. The van der Waals surface area contributed by atoms with Crippen LogP contribution in [0.4, 0.5) is 26.3 Å². The monoisotopic (exact) mass is 968 g/mol. The van der Waals surface area contributed by atoms with E-state index in [1.165, 1.54) is 91.0 Å². The molecule has 0 heterocycles. The molecule has 2 aliphatic carbocycles. The molecular formula is C56H60F6O2Zr. The normalized spacial score (nSPS) is 13.0. The van der Waals surface area contributed by atoms with Gasteiger partial charge in [-0.05, 0) is 81.0 Å². The Bertz CT molecular complexity index is 2290. The largest absolute Gasteiger partial charge is 2.00 e. The molecule has 0 atom stereocenters. The molecule has 2 nitrogen and oxygen atoms in total. The van der Waals surface area contributed by atoms with Gasteiger partial charge in [0.2, 0.25) is 0 Å². The topological polar surface area (TPSA) is 40.5 Å². The molecule has 6 aromatic carbocycles. The number of halogens is 6. The number of aromatic hydroxyl groups is 2. The number of para-hydroxylation sites is 2. The van der Waals surface area contributed by atoms with Crippen molar-refractivity contribution < 1.29 is 62.8 Å². The van der Waals surface area contributed by atoms with Gasteiger partial charge in [-0.1, -0.05) is 155 Å². The first-order valence-electron chi connectivity index (χ1n) is 21.4. The maximum Gasteiger partial charge on any atom is 2.00 e. The van der Waals surface area contributed by atoms with Crippen LogP contribution in [0.25, 0.3) is 22.3 Å². The Balaban J connectivity index is 0.000000198. The van der Waals surface area contributed by atoms with Crippen molar-refractivity contribution >= 4 is 0 Å². The smallest absolute Gasteiger partial charge is 0.507 e. The summed E-state index contributed by atoms with van der Waals surface area (Å²) in [5, 5.41) is 17.5. The second-order valence-electron chi connectivity index (χ2n) is 20.7. The van der Waals surface area contributed by atoms with E-state index >= 15 is 0 Å². The summed E-state index contributed by atoms with van der Waals surface area (Å²) in [5.74, 6) is -1.47. The molecule has 9 heteroatoms. The number of benzene rings is 6. The molecule has 2 aliphatic rings. The van der Waals surface area contributed by atoms with Gasteiger partial charge in [0.05, 0.1) is 11.1 Å². The second kappa shape index (κ2) is 19.7. The standard InChI is InChI=1S/2C21H25.2C7H5F3O.Zr/c2*1-20(2,3)16-7-9-18-14(12-16)11-15-13-17(21(4,5)6)8-10-19(15)18;2*8-7(9,10)5-3-1-2-4-6(5)11;/h2*7-10,12H,11H2,1-6H3;2*1-4,11H;/q2*-1;;;+2. The van der Waals surface area contributed by atoms with E-state index < -0.39 is 35.0 Å². The molecule has 0 radical (unpaired) electrons. The summed E-state index contributed by atoms with van der Waals surface area (Å²) >= 11 is 0. The first kappa shape index (κ1) is 53.0. The number of hydrogen-bond acceptors (Lipinski definition) is 2. The van der Waals surface area contributed by atoms with E-state index in [0.717, 1.165) is 37.1 Å². The minimum absolute atomic E-state index is 0. The van der Waals surface area contributed by atoms with Crippen LogP contribution in [0.15, 0.2) is 109 Å². The first-order valence-corrected chi connectivity index (χ1v) is 21.4. The SMILES string of the molecule is CC(C)(C)c1[c-]c2c(cc1)-c1ccc(C(C)(C)C)cc1C2.CC(C)(C)c1[c-]c2c(cc1)-c1ccc(C(C)(C)C)cc1C2.Oc1ccccc1C(F)(F)F.Oc1ccccc1C(F)(F)F.[Zr+2]. The number of alkyl halides is 6. The molecule has 2 N–H and O–H groups in total. The fourth-order valence-electron chi connectivity index (χ4n) is 7.48. The van der Waals surface area contributed by atoms with Gasteiger partial charge in [-0.15, -0.1) is 22.3 Å². The Labute approximate surface area is 401 Å². The van der Waals surface area contributed by atoms with Crippen LogP contribution < -0.4 is 0 Å². The Hall–Kier alpha value is -4.62. The average molecular weight is 970 g/mol. The zero-order valence-electron chi connectivity index (χ0n) is 39.5. The Morgan fingerprint density at radius 2 is 0.708 bits per heavy atom. The van der Waals surface area contributed by atoms with Crippen LogP contribution in [-0.4, -0.2) is 10.2 Å². The number of hydrogen-bond donors (Lipinski definition) is 2. The molecule has 0 unspecified atom stereocenters. The van der Waals surface area contributed by atoms with E-state index in [1.54, 1.807) is 0 Å². The van der Waals surface area contributed by atoms with Crippen molar-refractivity contribution in [3.63, 3.8) is 0 Å². The summed E-state index contributed by atoms with van der Waals surface area (Å²) < 4.78 is 71.3. The number of rotatable bonds is 0. The third-order valence-corrected chi connectivity index (χ3v) is 11.3. The molecule has 0 spiro atoms. The number of phenols is 2. The molecule has 0 aromatic heterocycles. The second-order valence-corrected chi connectivity index (χ2v) is 20.7. The zero-order valence-corrected chi connectivity index (χ0v) is 41.9. The van der Waals surface area contributed by atoms with Crippen molar-refractivity contribution in [1.82, 2.24) is 0 Å². The third-order valence-electron chi connectivity index (χ3n) is 11.3. The van der Waals surface area contributed by atoms with Crippen LogP contribution in [0.1, 0.15) is 139 Å². The fourth-order valence-corrected chi connectivity index (χ4v) is 7.48. The van der Waals surface area contributed by atoms with E-state index in [-0.39, 0.29) is 47.9 Å². The van der Waals surface area contributed by atoms with Crippen molar-refractivity contribution in [3.05, 3.63) is 177 Å². The predicted molar refractivity (Wildman–Crippen MR) is 248 cm³/mol. The summed E-state index contributed by atoms with van der Waals surface area (Å²) in [4.78, 5) is 0. The van der Waals surface area contributed by atoms with Gasteiger partial charge in [0.25, 0.3) is 0 Å². The van der Waals surface area contributed by atoms with Crippen LogP contribution in [0.3, 0.4) is 0 Å². The summed E-state index contributed by atoms with van der Waals surface area (Å²) in [6.07, 6.45) is -6.88. The van der Waals surface area contributed by atoms with Crippen molar-refractivity contribution in [2.75, 3.05) is 0 Å². The fraction of sp³-hybridized carbons (Fsp3) is 0.357. The van der Waals surface area contributed by atoms with Gasteiger partial charge in [-0.25, -0.2) is 0 Å². The minimum atomic E-state index is -4.47. The molecule has 8 rings (SSSR count). The third kappa shape index (κ3) is 13.3. The van der Waals surface area contributed by atoms with Crippen LogP contribution in [0, 0.1) is 12.1 Å². The maximum atomic E-state index is 11.9. The van der Waals surface area contributed by atoms with Gasteiger partial charge in [0, 0.05) is 0 Å². The molecule has 0 amide bonds. The number of fused-ring (bicyclic) bond motifs is 6. The van der Waals surface area contributed by atoms with Gasteiger partial charge in [0.1, 0.15) is 11.5 Å². The summed E-state index contributed by atoms with van der Waals surface area (Å²) in [7, 11) is 0. The Morgan fingerprint density at radius 3 is 0.969 bits per heavy atom. The molecule has 0 saturated heterocycles. The molecule has 6 aromatic rings. The van der Waals surface area contributed by atoms with Crippen LogP contribution in [0.5, 0.6) is 11.5 Å². The molecule has 0 bridgehead atoms. The van der Waals surface area contributed by atoms with Gasteiger partial charge in [-0.2, -0.15) is 73.9 Å². The van der Waals surface area contributed by atoms with Gasteiger partial charge in [-0.3, -0.25) is 0 Å². The van der Waals surface area contributed by atoms with Crippen molar-refractivity contribution in [3.8, 4) is 33.8 Å². The van der Waals surface area contributed by atoms with Crippen LogP contribution >= 0.6 is 0 Å². The quantitative estimate of drug-likeness (QED) is 0.117. The molecule has 65 heavy (non-hydrogen) atoms. The molecule has 0 fully saturated rings. The van der Waals surface area contributed by atoms with Gasteiger partial charge < -0.3 is 10.2 Å². The van der Waals surface area contributed by atoms with E-state index in [0.29, 0.717) is 0 Å². The van der Waals surface area contributed by atoms with Crippen LogP contribution in [0.2, 0.25) is 0 Å². The maximum absolute atomic E-state index is 11.9. The molecule has 342 valence electrons. The number of phenolic OH excluding ortho intramolecular Hbond substituents is 2.